The molecular formula is C18H25ClN2O3. The molecule has 1 aromatic carbocycles. The molecule has 0 atom stereocenters. The average Bonchev–Trinajstić information content (AvgIpc) is 2.78. The van der Waals surface area contributed by atoms with E-state index in [0.717, 1.165) is 6.42 Å². The Hall–Kier alpha value is -1.75. The van der Waals surface area contributed by atoms with Crippen LogP contribution in [0, 0.1) is 5.41 Å². The predicted molar refractivity (Wildman–Crippen MR) is 94.6 cm³/mol. The third kappa shape index (κ3) is 4.20. The van der Waals surface area contributed by atoms with Crippen LogP contribution in [0.4, 0.5) is 0 Å². The lowest BCUT2D eigenvalue weighted by Gasteiger charge is -2.28. The molecule has 1 aliphatic heterocycles. The summed E-state index contributed by atoms with van der Waals surface area (Å²) in [6.45, 7) is 8.09. The van der Waals surface area contributed by atoms with Crippen LogP contribution in [-0.4, -0.2) is 54.9 Å². The van der Waals surface area contributed by atoms with Crippen molar-refractivity contribution in [2.24, 2.45) is 5.41 Å². The molecule has 1 aliphatic rings. The molecule has 6 heteroatoms. The molecule has 5 nitrogen and oxygen atoms in total. The fraction of sp³-hybridized carbons (Fsp3) is 0.556. The van der Waals surface area contributed by atoms with Crippen molar-refractivity contribution in [3.63, 3.8) is 0 Å². The van der Waals surface area contributed by atoms with Crippen LogP contribution in [0.1, 0.15) is 37.6 Å². The highest BCUT2D eigenvalue weighted by atomic mass is 35.5. The lowest BCUT2D eigenvalue weighted by atomic mass is 9.94. The van der Waals surface area contributed by atoms with Gasteiger partial charge >= 0.3 is 0 Å². The number of nitrogens with zero attached hydrogens (tertiary/aromatic N) is 2. The van der Waals surface area contributed by atoms with Crippen LogP contribution in [0.2, 0.25) is 5.02 Å². The normalized spacial score (nSPS) is 15.9. The van der Waals surface area contributed by atoms with Crippen molar-refractivity contribution in [2.75, 3.05) is 33.3 Å². The Bertz CT molecular complexity index is 625. The van der Waals surface area contributed by atoms with E-state index in [0.29, 0.717) is 42.5 Å². The third-order valence-electron chi connectivity index (χ3n) is 4.10. The van der Waals surface area contributed by atoms with E-state index in [1.54, 1.807) is 23.1 Å². The molecule has 2 rings (SSSR count). The zero-order valence-corrected chi connectivity index (χ0v) is 15.5. The Morgan fingerprint density at radius 1 is 1.08 bits per heavy atom. The summed E-state index contributed by atoms with van der Waals surface area (Å²) in [4.78, 5) is 28.9. The van der Waals surface area contributed by atoms with E-state index in [4.69, 9.17) is 16.3 Å². The Morgan fingerprint density at radius 2 is 1.71 bits per heavy atom. The first-order chi connectivity index (χ1) is 11.2. The van der Waals surface area contributed by atoms with Crippen LogP contribution < -0.4 is 4.74 Å². The number of benzene rings is 1. The summed E-state index contributed by atoms with van der Waals surface area (Å²) in [7, 11) is 1.53. The number of carbonyl (C=O) groups is 2. The minimum atomic E-state index is -0.407. The average molecular weight is 353 g/mol. The van der Waals surface area contributed by atoms with Crippen molar-refractivity contribution in [3.8, 4) is 5.75 Å². The molecule has 1 saturated heterocycles. The summed E-state index contributed by atoms with van der Waals surface area (Å²) >= 11 is 6.02. The zero-order valence-electron chi connectivity index (χ0n) is 14.8. The first-order valence-electron chi connectivity index (χ1n) is 8.16. The van der Waals surface area contributed by atoms with Crippen LogP contribution >= 0.6 is 11.6 Å². The first kappa shape index (κ1) is 18.6. The molecule has 1 fully saturated rings. The topological polar surface area (TPSA) is 49.9 Å². The highest BCUT2D eigenvalue weighted by molar-refractivity contribution is 6.31. The maximum atomic E-state index is 12.8. The van der Waals surface area contributed by atoms with Gasteiger partial charge in [0.2, 0.25) is 5.91 Å². The van der Waals surface area contributed by atoms with E-state index in [-0.39, 0.29) is 11.8 Å². The van der Waals surface area contributed by atoms with Crippen LogP contribution in [-0.2, 0) is 4.79 Å². The van der Waals surface area contributed by atoms with Gasteiger partial charge in [0.1, 0.15) is 5.75 Å². The number of methoxy groups -OCH3 is 1. The Kier molecular flexibility index (Phi) is 5.75. The van der Waals surface area contributed by atoms with Crippen molar-refractivity contribution in [2.45, 2.75) is 27.2 Å². The van der Waals surface area contributed by atoms with E-state index in [2.05, 4.69) is 0 Å². The Labute approximate surface area is 148 Å². The molecule has 2 amide bonds. The largest absolute Gasteiger partial charge is 0.496 e. The first-order valence-corrected chi connectivity index (χ1v) is 8.54. The van der Waals surface area contributed by atoms with Crippen LogP contribution in [0.5, 0.6) is 5.75 Å². The summed E-state index contributed by atoms with van der Waals surface area (Å²) in [5, 5.41) is 0.499. The second-order valence-electron chi connectivity index (χ2n) is 7.03. The van der Waals surface area contributed by atoms with E-state index in [1.807, 2.05) is 25.7 Å². The molecule has 1 heterocycles. The van der Waals surface area contributed by atoms with Crippen molar-refractivity contribution in [1.29, 1.82) is 0 Å². The lowest BCUT2D eigenvalue weighted by Crippen LogP contribution is -2.42. The summed E-state index contributed by atoms with van der Waals surface area (Å²) < 4.78 is 5.28. The van der Waals surface area contributed by atoms with E-state index in [9.17, 15) is 9.59 Å². The zero-order chi connectivity index (χ0) is 17.9. The van der Waals surface area contributed by atoms with E-state index in [1.165, 1.54) is 7.11 Å². The number of hydrogen-bond donors (Lipinski definition) is 0. The van der Waals surface area contributed by atoms with Gasteiger partial charge in [-0.05, 0) is 24.6 Å². The number of amides is 2. The van der Waals surface area contributed by atoms with Gasteiger partial charge in [-0.1, -0.05) is 32.4 Å². The van der Waals surface area contributed by atoms with Crippen LogP contribution in [0.15, 0.2) is 18.2 Å². The number of hydrogen-bond acceptors (Lipinski definition) is 3. The summed E-state index contributed by atoms with van der Waals surface area (Å²) in [5.74, 6) is 0.521. The number of ether oxygens (including phenoxy) is 1. The fourth-order valence-corrected chi connectivity index (χ4v) is 2.99. The quantitative estimate of drug-likeness (QED) is 0.821. The molecule has 1 aromatic rings. The summed E-state index contributed by atoms with van der Waals surface area (Å²) in [5.41, 5.74) is 0.0515. The number of rotatable bonds is 2. The van der Waals surface area contributed by atoms with Crippen molar-refractivity contribution in [1.82, 2.24) is 9.80 Å². The standard InChI is InChI=1S/C18H25ClN2O3/c1-18(2,3)17(23)21-9-5-8-20(10-11-21)16(22)14-12-13(19)6-7-15(14)24-4/h6-7,12H,5,8-11H2,1-4H3. The molecule has 0 spiro atoms. The van der Waals surface area contributed by atoms with Gasteiger partial charge in [-0.3, -0.25) is 9.59 Å². The number of halogens is 1. The van der Waals surface area contributed by atoms with Crippen molar-refractivity contribution in [3.05, 3.63) is 28.8 Å². The van der Waals surface area contributed by atoms with Crippen molar-refractivity contribution < 1.29 is 14.3 Å². The van der Waals surface area contributed by atoms with Gasteiger partial charge in [0.25, 0.3) is 5.91 Å². The molecule has 0 unspecified atom stereocenters. The second kappa shape index (κ2) is 7.43. The number of carbonyl (C=O) groups excluding carboxylic acids is 2. The SMILES string of the molecule is COc1ccc(Cl)cc1C(=O)N1CCCN(C(=O)C(C)(C)C)CC1. The monoisotopic (exact) mass is 352 g/mol. The second-order valence-corrected chi connectivity index (χ2v) is 7.47. The van der Waals surface area contributed by atoms with Gasteiger partial charge < -0.3 is 14.5 Å². The molecular weight excluding hydrogens is 328 g/mol. The van der Waals surface area contributed by atoms with Crippen LogP contribution in [0.3, 0.4) is 0 Å². The highest BCUT2D eigenvalue weighted by Crippen LogP contribution is 2.25. The van der Waals surface area contributed by atoms with Gasteiger partial charge in [-0.25, -0.2) is 0 Å². The molecule has 0 aliphatic carbocycles. The maximum absolute atomic E-state index is 12.8. The summed E-state index contributed by atoms with van der Waals surface area (Å²) in [6.07, 6.45) is 0.760. The predicted octanol–water partition coefficient (Wildman–Crippen LogP) is 3.07. The summed E-state index contributed by atoms with van der Waals surface area (Å²) in [6, 6.07) is 5.03. The molecule has 0 aromatic heterocycles. The van der Waals surface area contributed by atoms with Gasteiger partial charge in [0, 0.05) is 36.6 Å². The van der Waals surface area contributed by atoms with Gasteiger partial charge in [-0.15, -0.1) is 0 Å². The van der Waals surface area contributed by atoms with Crippen molar-refractivity contribution >= 4 is 23.4 Å². The minimum absolute atomic E-state index is 0.112. The third-order valence-corrected chi connectivity index (χ3v) is 4.34. The lowest BCUT2D eigenvalue weighted by molar-refractivity contribution is -0.139. The molecule has 0 saturated carbocycles. The Morgan fingerprint density at radius 3 is 2.33 bits per heavy atom. The highest BCUT2D eigenvalue weighted by Gasteiger charge is 2.30. The van der Waals surface area contributed by atoms with Gasteiger partial charge in [-0.2, -0.15) is 0 Å². The van der Waals surface area contributed by atoms with E-state index >= 15 is 0 Å². The minimum Gasteiger partial charge on any atom is -0.496 e. The fourth-order valence-electron chi connectivity index (χ4n) is 2.82. The maximum Gasteiger partial charge on any atom is 0.257 e. The van der Waals surface area contributed by atoms with Gasteiger partial charge in [0.05, 0.1) is 12.7 Å². The van der Waals surface area contributed by atoms with E-state index < -0.39 is 5.41 Å². The van der Waals surface area contributed by atoms with Crippen LogP contribution in [0.25, 0.3) is 0 Å². The molecule has 0 radical (unpaired) electrons. The Balaban J connectivity index is 2.13. The molecule has 0 bridgehead atoms. The molecule has 24 heavy (non-hydrogen) atoms. The molecule has 132 valence electrons. The smallest absolute Gasteiger partial charge is 0.257 e. The van der Waals surface area contributed by atoms with Gasteiger partial charge in [0.15, 0.2) is 0 Å². The molecule has 0 N–H and O–H groups in total.